The minimum Gasteiger partial charge on any atom is -0.423 e. The summed E-state index contributed by atoms with van der Waals surface area (Å²) in [6.07, 6.45) is -3.43. The van der Waals surface area contributed by atoms with Crippen molar-refractivity contribution >= 4 is 18.5 Å². The molecule has 0 fully saturated rings. The average Bonchev–Trinajstić information content (AvgIpc) is 3.06. The first-order valence-electron chi connectivity index (χ1n) is 9.20. The predicted molar refractivity (Wildman–Crippen MR) is 97.7 cm³/mol. The lowest BCUT2D eigenvalue weighted by molar-refractivity contribution is -0.140. The summed E-state index contributed by atoms with van der Waals surface area (Å²) in [5.41, 5.74) is 2.63. The zero-order valence-electron chi connectivity index (χ0n) is 15.1. The second kappa shape index (κ2) is 7.26. The van der Waals surface area contributed by atoms with Gasteiger partial charge in [0, 0.05) is 19.5 Å². The van der Waals surface area contributed by atoms with Crippen LogP contribution >= 0.6 is 0 Å². The molecule has 2 heterocycles. The molecule has 0 spiro atoms. The highest BCUT2D eigenvalue weighted by Crippen LogP contribution is 2.35. The first kappa shape index (κ1) is 19.0. The number of nitrogens with zero attached hydrogens (tertiary/aromatic N) is 1. The Morgan fingerprint density at radius 1 is 1.18 bits per heavy atom. The summed E-state index contributed by atoms with van der Waals surface area (Å²) in [6.45, 7) is 0.718. The molecule has 0 aromatic heterocycles. The highest BCUT2D eigenvalue weighted by molar-refractivity contribution is 6.62. The van der Waals surface area contributed by atoms with Crippen LogP contribution in [0.15, 0.2) is 36.4 Å². The highest BCUT2D eigenvalue weighted by atomic mass is 19.4. The third kappa shape index (κ3) is 3.54. The molecule has 28 heavy (non-hydrogen) atoms. The van der Waals surface area contributed by atoms with E-state index in [1.54, 1.807) is 6.07 Å². The standard InChI is InChI=1S/C20H19BF3NO3/c22-20(23,24)17-6-2-3-13-9-10-25(11-16(13)17)18(26)8-7-14-4-1-5-15-12-28-21(27)19(14)15/h1-6,27H,7-12H2. The number of halogens is 3. The topological polar surface area (TPSA) is 49.8 Å². The fourth-order valence-corrected chi connectivity index (χ4v) is 4.04. The second-order valence-corrected chi connectivity index (χ2v) is 7.16. The van der Waals surface area contributed by atoms with Gasteiger partial charge in [0.1, 0.15) is 0 Å². The molecule has 0 bridgehead atoms. The number of fused-ring (bicyclic) bond motifs is 2. The van der Waals surface area contributed by atoms with Crippen LogP contribution in [0.1, 0.15) is 34.2 Å². The Bertz CT molecular complexity index is 916. The molecule has 0 saturated heterocycles. The van der Waals surface area contributed by atoms with E-state index in [1.165, 1.54) is 11.0 Å². The summed E-state index contributed by atoms with van der Waals surface area (Å²) in [4.78, 5) is 14.2. The first-order chi connectivity index (χ1) is 13.3. The Balaban J connectivity index is 1.48. The van der Waals surface area contributed by atoms with Gasteiger partial charge in [0.15, 0.2) is 0 Å². The summed E-state index contributed by atoms with van der Waals surface area (Å²) in [5.74, 6) is -0.186. The summed E-state index contributed by atoms with van der Waals surface area (Å²) >= 11 is 0. The number of alkyl halides is 3. The number of benzene rings is 2. The average molecular weight is 389 g/mol. The third-order valence-corrected chi connectivity index (χ3v) is 5.47. The van der Waals surface area contributed by atoms with Crippen LogP contribution in [-0.4, -0.2) is 29.5 Å². The smallest absolute Gasteiger partial charge is 0.423 e. The minimum atomic E-state index is -4.43. The zero-order valence-corrected chi connectivity index (χ0v) is 15.1. The van der Waals surface area contributed by atoms with Crippen LogP contribution in [-0.2, 0) is 41.6 Å². The van der Waals surface area contributed by atoms with Gasteiger partial charge in [-0.1, -0.05) is 30.3 Å². The fourth-order valence-electron chi connectivity index (χ4n) is 4.04. The minimum absolute atomic E-state index is 0.0253. The van der Waals surface area contributed by atoms with E-state index in [-0.39, 0.29) is 24.4 Å². The number of amides is 1. The second-order valence-electron chi connectivity index (χ2n) is 7.16. The Morgan fingerprint density at radius 2 is 1.93 bits per heavy atom. The van der Waals surface area contributed by atoms with Gasteiger partial charge in [0.25, 0.3) is 0 Å². The fraction of sp³-hybridized carbons (Fsp3) is 0.350. The van der Waals surface area contributed by atoms with Crippen LogP contribution in [0.3, 0.4) is 0 Å². The number of carbonyl (C=O) groups excluding carboxylic acids is 1. The highest BCUT2D eigenvalue weighted by Gasteiger charge is 2.36. The molecule has 8 heteroatoms. The van der Waals surface area contributed by atoms with Crippen LogP contribution < -0.4 is 5.46 Å². The SMILES string of the molecule is O=C(CCc1cccc2c1B(O)OC2)N1CCc2cccc(C(F)(F)F)c2C1. The van der Waals surface area contributed by atoms with Crippen molar-refractivity contribution in [2.45, 2.75) is 38.6 Å². The molecule has 0 saturated carbocycles. The molecule has 2 aliphatic rings. The monoisotopic (exact) mass is 389 g/mol. The molecule has 2 aromatic rings. The molecule has 0 atom stereocenters. The van der Waals surface area contributed by atoms with Gasteiger partial charge in [-0.05, 0) is 46.6 Å². The van der Waals surface area contributed by atoms with Crippen molar-refractivity contribution in [3.05, 3.63) is 64.2 Å². The van der Waals surface area contributed by atoms with Crippen LogP contribution in [0, 0.1) is 0 Å². The molecule has 2 aliphatic heterocycles. The summed E-state index contributed by atoms with van der Waals surface area (Å²) in [7, 11) is -0.988. The van der Waals surface area contributed by atoms with E-state index in [0.717, 1.165) is 17.2 Å². The molecule has 0 unspecified atom stereocenters. The number of carbonyl (C=O) groups is 1. The Labute approximate surface area is 161 Å². The van der Waals surface area contributed by atoms with Gasteiger partial charge < -0.3 is 14.6 Å². The van der Waals surface area contributed by atoms with Gasteiger partial charge in [-0.15, -0.1) is 0 Å². The molecule has 0 radical (unpaired) electrons. The largest absolute Gasteiger partial charge is 0.492 e. The molecule has 1 amide bonds. The van der Waals surface area contributed by atoms with E-state index in [9.17, 15) is 23.0 Å². The van der Waals surface area contributed by atoms with Crippen molar-refractivity contribution in [1.29, 1.82) is 0 Å². The quantitative estimate of drug-likeness (QED) is 0.821. The van der Waals surface area contributed by atoms with Gasteiger partial charge in [-0.3, -0.25) is 4.79 Å². The van der Waals surface area contributed by atoms with Gasteiger partial charge in [-0.25, -0.2) is 0 Å². The lowest BCUT2D eigenvalue weighted by Crippen LogP contribution is -2.37. The maximum Gasteiger partial charge on any atom is 0.492 e. The normalized spacial score (nSPS) is 16.1. The van der Waals surface area contributed by atoms with Crippen LogP contribution in [0.4, 0.5) is 13.2 Å². The molecular formula is C20H19BF3NO3. The van der Waals surface area contributed by atoms with Crippen LogP contribution in [0.2, 0.25) is 0 Å². The van der Waals surface area contributed by atoms with E-state index in [1.807, 2.05) is 18.2 Å². The van der Waals surface area contributed by atoms with Crippen molar-refractivity contribution < 1.29 is 27.6 Å². The Morgan fingerprint density at radius 3 is 2.71 bits per heavy atom. The van der Waals surface area contributed by atoms with Crippen molar-refractivity contribution in [3.8, 4) is 0 Å². The number of rotatable bonds is 3. The number of hydrogen-bond acceptors (Lipinski definition) is 3. The van der Waals surface area contributed by atoms with Crippen molar-refractivity contribution in [2.24, 2.45) is 0 Å². The van der Waals surface area contributed by atoms with Crippen molar-refractivity contribution in [3.63, 3.8) is 0 Å². The Hall–Kier alpha value is -2.32. The molecular weight excluding hydrogens is 370 g/mol. The number of hydrogen-bond donors (Lipinski definition) is 1. The van der Waals surface area contributed by atoms with E-state index in [0.29, 0.717) is 37.0 Å². The lowest BCUT2D eigenvalue weighted by Gasteiger charge is -2.31. The third-order valence-electron chi connectivity index (χ3n) is 5.47. The summed E-state index contributed by atoms with van der Waals surface area (Å²) < 4.78 is 45.1. The van der Waals surface area contributed by atoms with Gasteiger partial charge in [0.05, 0.1) is 12.2 Å². The molecule has 2 aromatic carbocycles. The predicted octanol–water partition coefficient (Wildman–Crippen LogP) is 2.44. The summed E-state index contributed by atoms with van der Waals surface area (Å²) in [5, 5.41) is 9.97. The molecule has 146 valence electrons. The first-order valence-corrected chi connectivity index (χ1v) is 9.20. The van der Waals surface area contributed by atoms with Crippen LogP contribution in [0.25, 0.3) is 0 Å². The lowest BCUT2D eigenvalue weighted by atomic mass is 9.75. The Kier molecular flexibility index (Phi) is 4.93. The molecule has 4 nitrogen and oxygen atoms in total. The van der Waals surface area contributed by atoms with E-state index < -0.39 is 18.9 Å². The summed E-state index contributed by atoms with van der Waals surface area (Å²) in [6, 6.07) is 9.76. The molecule has 0 aliphatic carbocycles. The van der Waals surface area contributed by atoms with Crippen LogP contribution in [0.5, 0.6) is 0 Å². The molecule has 1 N–H and O–H groups in total. The van der Waals surface area contributed by atoms with Gasteiger partial charge in [-0.2, -0.15) is 13.2 Å². The maximum absolute atomic E-state index is 13.3. The van der Waals surface area contributed by atoms with Crippen molar-refractivity contribution in [2.75, 3.05) is 6.54 Å². The van der Waals surface area contributed by atoms with E-state index in [4.69, 9.17) is 4.65 Å². The van der Waals surface area contributed by atoms with Crippen molar-refractivity contribution in [1.82, 2.24) is 4.90 Å². The molecule has 4 rings (SSSR count). The van der Waals surface area contributed by atoms with Gasteiger partial charge >= 0.3 is 13.3 Å². The van der Waals surface area contributed by atoms with E-state index >= 15 is 0 Å². The van der Waals surface area contributed by atoms with Gasteiger partial charge in [0.2, 0.25) is 5.91 Å². The maximum atomic E-state index is 13.3. The van der Waals surface area contributed by atoms with E-state index in [2.05, 4.69) is 0 Å². The number of aryl methyl sites for hydroxylation is 1. The zero-order chi connectivity index (χ0) is 19.9.